The van der Waals surface area contributed by atoms with Crippen molar-refractivity contribution in [2.75, 3.05) is 38.6 Å². The van der Waals surface area contributed by atoms with Gasteiger partial charge in [-0.1, -0.05) is 0 Å². The highest BCUT2D eigenvalue weighted by Gasteiger charge is 2.54. The molecule has 0 aromatic carbocycles. The van der Waals surface area contributed by atoms with E-state index in [-0.39, 0.29) is 19.0 Å². The normalized spacial score (nSPS) is 24.7. The summed E-state index contributed by atoms with van der Waals surface area (Å²) in [6.45, 7) is 3.03. The molecule has 1 aromatic heterocycles. The number of carbonyl (C=O) groups is 2. The number of hydrogen-bond donors (Lipinski definition) is 5. The number of rotatable bonds is 12. The first kappa shape index (κ1) is 27.9. The lowest BCUT2D eigenvalue weighted by Gasteiger charge is -2.27. The third-order valence-corrected chi connectivity index (χ3v) is 6.41. The standard InChI is InChI=1S/C18H30N5O10P/c1-4-30-13(24)8-20-34(29,21-9-14(25)31-5-2)32-10-11-15(26)18(3,28)16(33-11)23-7-6-12(19)22-17(23)27/h6-7,11,15-16,26,28H,4-5,8-10H2,1-3H3,(H2,19,22,27)(H2,20,21,29)/t11-,15?,16+,18?/m1/s1. The lowest BCUT2D eigenvalue weighted by atomic mass is 9.96. The van der Waals surface area contributed by atoms with Crippen molar-refractivity contribution < 1.29 is 43.1 Å². The Hall–Kier alpha value is -2.39. The van der Waals surface area contributed by atoms with Crippen LogP contribution in [0.2, 0.25) is 0 Å². The number of nitrogens with one attached hydrogen (secondary N) is 2. The summed E-state index contributed by atoms with van der Waals surface area (Å²) in [5, 5.41) is 26.1. The predicted octanol–water partition coefficient (Wildman–Crippen LogP) is -1.74. The molecule has 0 spiro atoms. The Morgan fingerprint density at radius 3 is 2.32 bits per heavy atom. The summed E-state index contributed by atoms with van der Waals surface area (Å²) in [6, 6.07) is 1.31. The van der Waals surface area contributed by atoms with E-state index in [9.17, 15) is 29.2 Å². The molecular formula is C18H30N5O10P. The fourth-order valence-corrected chi connectivity index (χ4v) is 4.39. The summed E-state index contributed by atoms with van der Waals surface area (Å²) < 4.78 is 34.6. The van der Waals surface area contributed by atoms with Crippen molar-refractivity contribution in [3.8, 4) is 0 Å². The number of ether oxygens (including phenoxy) is 3. The molecule has 0 amide bonds. The van der Waals surface area contributed by atoms with Crippen molar-refractivity contribution in [1.82, 2.24) is 19.7 Å². The van der Waals surface area contributed by atoms with Gasteiger partial charge in [0.2, 0.25) is 0 Å². The highest BCUT2D eigenvalue weighted by Crippen LogP contribution is 2.42. The number of anilines is 1. The maximum atomic E-state index is 13.2. The molecule has 1 aliphatic heterocycles. The van der Waals surface area contributed by atoms with Crippen LogP contribution in [0.1, 0.15) is 27.0 Å². The molecule has 2 rings (SSSR count). The Kier molecular flexibility index (Phi) is 9.70. The molecule has 2 unspecified atom stereocenters. The zero-order valence-electron chi connectivity index (χ0n) is 19.0. The Balaban J connectivity index is 2.13. The Bertz CT molecular complexity index is 945. The van der Waals surface area contributed by atoms with E-state index in [1.165, 1.54) is 19.2 Å². The Labute approximate surface area is 195 Å². The molecule has 0 bridgehead atoms. The average molecular weight is 507 g/mol. The van der Waals surface area contributed by atoms with Crippen LogP contribution in [0, 0.1) is 0 Å². The van der Waals surface area contributed by atoms with E-state index in [1.807, 2.05) is 0 Å². The number of hydrogen-bond acceptors (Lipinski definition) is 12. The van der Waals surface area contributed by atoms with Crippen molar-refractivity contribution in [3.63, 3.8) is 0 Å². The predicted molar refractivity (Wildman–Crippen MR) is 116 cm³/mol. The van der Waals surface area contributed by atoms with Gasteiger partial charge in [-0.15, -0.1) is 0 Å². The third kappa shape index (κ3) is 7.06. The summed E-state index contributed by atoms with van der Waals surface area (Å²) in [5.41, 5.74) is 2.69. The van der Waals surface area contributed by atoms with Crippen molar-refractivity contribution >= 4 is 25.4 Å². The number of carbonyl (C=O) groups excluding carboxylic acids is 2. The second kappa shape index (κ2) is 11.8. The van der Waals surface area contributed by atoms with E-state index in [4.69, 9.17) is 24.5 Å². The molecule has 34 heavy (non-hydrogen) atoms. The fourth-order valence-electron chi connectivity index (χ4n) is 3.07. The highest BCUT2D eigenvalue weighted by molar-refractivity contribution is 7.54. The lowest BCUT2D eigenvalue weighted by molar-refractivity contribution is -0.142. The zero-order valence-corrected chi connectivity index (χ0v) is 19.9. The minimum Gasteiger partial charge on any atom is -0.465 e. The fraction of sp³-hybridized carbons (Fsp3) is 0.667. The molecule has 2 heterocycles. The molecule has 1 aliphatic rings. The van der Waals surface area contributed by atoms with Gasteiger partial charge in [0.05, 0.1) is 19.8 Å². The Morgan fingerprint density at radius 2 is 1.82 bits per heavy atom. The molecule has 0 radical (unpaired) electrons. The number of esters is 2. The molecule has 1 fully saturated rings. The van der Waals surface area contributed by atoms with E-state index in [0.717, 1.165) is 4.57 Å². The van der Waals surface area contributed by atoms with Crippen LogP contribution in [0.15, 0.2) is 17.1 Å². The van der Waals surface area contributed by atoms with E-state index >= 15 is 0 Å². The summed E-state index contributed by atoms with van der Waals surface area (Å²) in [6.07, 6.45) is -2.96. The highest BCUT2D eigenvalue weighted by atomic mass is 31.2. The first-order valence-corrected chi connectivity index (χ1v) is 12.0. The molecule has 4 atom stereocenters. The number of nitrogen functional groups attached to an aromatic ring is 1. The average Bonchev–Trinajstić information content (AvgIpc) is 2.99. The smallest absolute Gasteiger partial charge is 0.351 e. The number of aliphatic hydroxyl groups excluding tert-OH is 1. The topological polar surface area (TPSA) is 214 Å². The van der Waals surface area contributed by atoms with Gasteiger partial charge >= 0.3 is 25.3 Å². The van der Waals surface area contributed by atoms with Crippen LogP contribution in [0.4, 0.5) is 5.82 Å². The SMILES string of the molecule is CCOC(=O)CNP(=O)(NCC(=O)OCC)OC[C@H]1O[C@H](n2ccc(N)nc2=O)C(C)(O)C1O. The largest absolute Gasteiger partial charge is 0.465 e. The van der Waals surface area contributed by atoms with Crippen LogP contribution in [0.5, 0.6) is 0 Å². The van der Waals surface area contributed by atoms with Gasteiger partial charge < -0.3 is 34.7 Å². The van der Waals surface area contributed by atoms with Crippen LogP contribution in [0.3, 0.4) is 0 Å². The van der Waals surface area contributed by atoms with Gasteiger partial charge in [-0.05, 0) is 26.8 Å². The quantitative estimate of drug-likeness (QED) is 0.157. The zero-order chi connectivity index (χ0) is 25.5. The molecule has 16 heteroatoms. The maximum absolute atomic E-state index is 13.2. The molecular weight excluding hydrogens is 477 g/mol. The minimum absolute atomic E-state index is 0.0411. The van der Waals surface area contributed by atoms with Gasteiger partial charge in [0.15, 0.2) is 6.23 Å². The molecule has 6 N–H and O–H groups in total. The number of aromatic nitrogens is 2. The molecule has 0 aliphatic carbocycles. The van der Waals surface area contributed by atoms with Crippen LogP contribution < -0.4 is 21.6 Å². The summed E-state index contributed by atoms with van der Waals surface area (Å²) in [5.74, 6) is -1.49. The van der Waals surface area contributed by atoms with Gasteiger partial charge in [0.1, 0.15) is 36.7 Å². The monoisotopic (exact) mass is 507 g/mol. The first-order valence-electron chi connectivity index (χ1n) is 10.4. The van der Waals surface area contributed by atoms with E-state index < -0.39 is 69.0 Å². The van der Waals surface area contributed by atoms with Gasteiger partial charge in [-0.3, -0.25) is 18.7 Å². The van der Waals surface area contributed by atoms with E-state index in [1.54, 1.807) is 13.8 Å². The van der Waals surface area contributed by atoms with Crippen molar-refractivity contribution in [2.24, 2.45) is 0 Å². The van der Waals surface area contributed by atoms with Gasteiger partial charge in [0, 0.05) is 6.20 Å². The second-order valence-corrected chi connectivity index (χ2v) is 9.36. The van der Waals surface area contributed by atoms with E-state index in [2.05, 4.69) is 15.2 Å². The summed E-state index contributed by atoms with van der Waals surface area (Å²) in [7, 11) is -4.07. The second-order valence-electron chi connectivity index (χ2n) is 7.37. The molecule has 15 nitrogen and oxygen atoms in total. The van der Waals surface area contributed by atoms with Gasteiger partial charge in [-0.25, -0.2) is 15.0 Å². The molecule has 0 saturated carbocycles. The van der Waals surface area contributed by atoms with Crippen molar-refractivity contribution in [1.29, 1.82) is 0 Å². The summed E-state index contributed by atoms with van der Waals surface area (Å²) >= 11 is 0. The molecule has 192 valence electrons. The first-order chi connectivity index (χ1) is 15.9. The third-order valence-electron chi connectivity index (χ3n) is 4.75. The van der Waals surface area contributed by atoms with Crippen LogP contribution in [0.25, 0.3) is 0 Å². The number of aliphatic hydroxyl groups is 2. The van der Waals surface area contributed by atoms with Crippen LogP contribution in [-0.2, 0) is 32.9 Å². The van der Waals surface area contributed by atoms with Crippen molar-refractivity contribution in [3.05, 3.63) is 22.7 Å². The lowest BCUT2D eigenvalue weighted by Crippen LogP contribution is -2.46. The maximum Gasteiger partial charge on any atom is 0.351 e. The van der Waals surface area contributed by atoms with Crippen molar-refractivity contribution in [2.45, 2.75) is 44.8 Å². The van der Waals surface area contributed by atoms with Crippen LogP contribution in [-0.4, -0.2) is 82.4 Å². The number of nitrogens with two attached hydrogens (primary N) is 1. The van der Waals surface area contributed by atoms with Crippen LogP contribution >= 0.6 is 7.67 Å². The van der Waals surface area contributed by atoms with Gasteiger partial charge in [0.25, 0.3) is 0 Å². The minimum atomic E-state index is -4.07. The number of nitrogens with zero attached hydrogens (tertiary/aromatic N) is 2. The molecule has 1 saturated heterocycles. The van der Waals surface area contributed by atoms with E-state index in [0.29, 0.717) is 0 Å². The van der Waals surface area contributed by atoms with Gasteiger partial charge in [-0.2, -0.15) is 4.98 Å². The summed E-state index contributed by atoms with van der Waals surface area (Å²) in [4.78, 5) is 39.0. The Morgan fingerprint density at radius 1 is 1.26 bits per heavy atom. The molecule has 1 aromatic rings.